The van der Waals surface area contributed by atoms with Crippen molar-refractivity contribution in [1.29, 1.82) is 0 Å². The summed E-state index contributed by atoms with van der Waals surface area (Å²) in [7, 11) is 11.8. The molecule has 13 aromatic rings. The van der Waals surface area contributed by atoms with Crippen molar-refractivity contribution in [3.8, 4) is 46.0 Å². The number of hydrogen-bond acceptors (Lipinski definition) is 22. The van der Waals surface area contributed by atoms with Gasteiger partial charge in [0.05, 0.1) is 155 Å². The quantitative estimate of drug-likeness (QED) is 0.0252. The van der Waals surface area contributed by atoms with E-state index >= 15 is 0 Å². The summed E-state index contributed by atoms with van der Waals surface area (Å²) in [5, 5.41) is 14.5. The van der Waals surface area contributed by atoms with E-state index in [0.717, 1.165) is 37.0 Å². The van der Waals surface area contributed by atoms with Crippen molar-refractivity contribution in [3.63, 3.8) is 0 Å². The number of anilines is 7. The van der Waals surface area contributed by atoms with Crippen LogP contribution in [0.4, 0.5) is 53.8 Å². The van der Waals surface area contributed by atoms with E-state index in [1.807, 2.05) is 24.3 Å². The van der Waals surface area contributed by atoms with Gasteiger partial charge in [-0.25, -0.2) is 23.6 Å². The molecule has 5 N–H and O–H groups in total. The molecule has 0 radical (unpaired) electrons. The van der Waals surface area contributed by atoms with Gasteiger partial charge >= 0.3 is 23.4 Å². The van der Waals surface area contributed by atoms with Crippen LogP contribution >= 0.6 is 23.2 Å². The van der Waals surface area contributed by atoms with Crippen molar-refractivity contribution in [3.05, 3.63) is 322 Å². The zero-order valence-electron chi connectivity index (χ0n) is 75.4. The van der Waals surface area contributed by atoms with Crippen molar-refractivity contribution in [2.75, 3.05) is 119 Å². The van der Waals surface area contributed by atoms with Crippen molar-refractivity contribution >= 4 is 144 Å². The van der Waals surface area contributed by atoms with Crippen molar-refractivity contribution in [2.24, 2.45) is 0 Å². The number of nitrogens with one attached hydrogen (secondary N) is 5. The average molecular weight is 1910 g/mol. The third-order valence-electron chi connectivity index (χ3n) is 21.3. The van der Waals surface area contributed by atoms with Gasteiger partial charge in [0.2, 0.25) is 29.5 Å². The number of urea groups is 2. The van der Waals surface area contributed by atoms with Gasteiger partial charge in [0.15, 0.2) is 11.6 Å². The summed E-state index contributed by atoms with van der Waals surface area (Å²) < 4.78 is 59.0. The Hall–Kier alpha value is -16.9. The number of rotatable bonds is 31. The normalized spacial score (nSPS) is 11.7. The van der Waals surface area contributed by atoms with E-state index in [1.165, 1.54) is 118 Å². The fourth-order valence-corrected chi connectivity index (χ4v) is 15.3. The zero-order valence-corrected chi connectivity index (χ0v) is 76.9. The molecule has 11 aromatic carbocycles. The monoisotopic (exact) mass is 1900 g/mol. The first kappa shape index (κ1) is 99.1. The van der Waals surface area contributed by atoms with E-state index in [-0.39, 0.29) is 84.3 Å². The van der Waals surface area contributed by atoms with E-state index < -0.39 is 88.8 Å². The minimum absolute atomic E-state index is 0.0206. The molecule has 0 saturated carbocycles. The fraction of sp³-hybridized carbons (Fsp3) is 0.192. The summed E-state index contributed by atoms with van der Waals surface area (Å²) in [6, 6.07) is 64.6. The van der Waals surface area contributed by atoms with E-state index in [9.17, 15) is 71.5 Å². The summed E-state index contributed by atoms with van der Waals surface area (Å²) in [5.74, 6) is -0.450. The summed E-state index contributed by atoms with van der Waals surface area (Å²) in [6.07, 6.45) is 0. The number of halogens is 3. The second kappa shape index (κ2) is 46.0. The summed E-state index contributed by atoms with van der Waals surface area (Å²) >= 11 is 12.4. The van der Waals surface area contributed by atoms with Crippen LogP contribution in [0.15, 0.2) is 262 Å². The summed E-state index contributed by atoms with van der Waals surface area (Å²) in [6.45, 7) is -0.613. The van der Waals surface area contributed by atoms with E-state index in [4.69, 9.17) is 61.1 Å². The highest BCUT2D eigenvalue weighted by molar-refractivity contribution is 6.33. The van der Waals surface area contributed by atoms with Gasteiger partial charge in [0, 0.05) is 29.8 Å². The van der Waals surface area contributed by atoms with Gasteiger partial charge in [-0.05, 0) is 152 Å². The second-order valence-corrected chi connectivity index (χ2v) is 31.1. The number of Topliss-reactive ketones (excluding diaryl/α,β-unsaturated/α-hetero) is 3. The number of methoxy groups -OCH3 is 8. The molecule has 0 bridgehead atoms. The first-order valence-electron chi connectivity index (χ1n) is 41.9. The number of amides is 9. The van der Waals surface area contributed by atoms with Crippen LogP contribution in [0, 0.1) is 5.82 Å². The maximum absolute atomic E-state index is 13.5. The number of para-hydroxylation sites is 10. The molecule has 137 heavy (non-hydrogen) atoms. The van der Waals surface area contributed by atoms with Crippen LogP contribution in [0.5, 0.6) is 46.0 Å². The molecule has 0 saturated heterocycles. The summed E-state index contributed by atoms with van der Waals surface area (Å²) in [4.78, 5) is 186. The number of carbonyl (C=O) groups excluding carboxylic acids is 10. The lowest BCUT2D eigenvalue weighted by molar-refractivity contribution is -0.118. The molecule has 35 nitrogen and oxygen atoms in total. The van der Waals surface area contributed by atoms with E-state index in [0.29, 0.717) is 108 Å². The Kier molecular flexibility index (Phi) is 33.3. The van der Waals surface area contributed by atoms with Gasteiger partial charge < -0.3 is 74.3 Å². The van der Waals surface area contributed by atoms with Crippen molar-refractivity contribution in [1.82, 2.24) is 28.1 Å². The van der Waals surface area contributed by atoms with Crippen molar-refractivity contribution in [2.45, 2.75) is 46.2 Å². The standard InChI is InChI=1S/C27H27ClN4O6.C26H23N3O6.C25H20FN3O5.C21H22ClN3O5/c1-36-22-11-7-5-9-19(22)29-25(33)15-31-14-17-8-4-6-10-21(17)32(27(31)35)16-26(34)30-20-12-18(28)23(37-2)13-24(20)38-3;1-34-18-13-11-17(12-14-18)22(30)15-28-21-9-5-3-7-19(21)25(32)29(26(28)33)16-24(31)27-20-8-4-6-10-23(20)35-2;1-34-22-9-5-3-7-19(22)27-23(31)15-29-24(32)18-6-2-4-8-20(18)28(25(29)33)14-21(30)16-10-12-17(26)13-11-16;1-13(26)10-24-11-14-6-4-5-7-17(14)25(21(24)28)12-20(27)23-16-8-15(22)18(29-2)9-19(16)30-3/h4-13H,14-16H2,1-3H3,(H,29,33)(H,30,34);3-14H,15-16H2,1-2H3,(H,27,31);2-13H,14-15H2,1H3,(H,27,31);4-9H,10-12H2,1-3H3,(H,23,27). The lowest BCUT2D eigenvalue weighted by Crippen LogP contribution is -2.51. The minimum atomic E-state index is -0.811. The molecule has 0 fully saturated rings. The third kappa shape index (κ3) is 24.1. The number of hydrogen-bond donors (Lipinski definition) is 5. The Balaban J connectivity index is 0.000000165. The Labute approximate surface area is 791 Å². The molecule has 9 amide bonds. The van der Waals surface area contributed by atoms with Crippen LogP contribution in [0.1, 0.15) is 38.8 Å². The highest BCUT2D eigenvalue weighted by atomic mass is 35.5. The largest absolute Gasteiger partial charge is 0.497 e. The van der Waals surface area contributed by atoms with Crippen molar-refractivity contribution < 1.29 is 90.2 Å². The Bertz CT molecular complexity index is 7030. The number of nitrogens with zero attached hydrogens (tertiary/aromatic N) is 8. The maximum Gasteiger partial charge on any atom is 0.332 e. The molecule has 38 heteroatoms. The molecule has 706 valence electrons. The van der Waals surface area contributed by atoms with Gasteiger partial charge in [-0.3, -0.25) is 76.0 Å². The third-order valence-corrected chi connectivity index (χ3v) is 21.9. The molecule has 0 atom stereocenters. The highest BCUT2D eigenvalue weighted by Gasteiger charge is 2.36. The van der Waals surface area contributed by atoms with Gasteiger partial charge in [0.25, 0.3) is 11.1 Å². The lowest BCUT2D eigenvalue weighted by Gasteiger charge is -2.36. The van der Waals surface area contributed by atoms with Crippen LogP contribution in [-0.4, -0.2) is 170 Å². The van der Waals surface area contributed by atoms with Gasteiger partial charge in [-0.2, -0.15) is 0 Å². The highest BCUT2D eigenvalue weighted by Crippen LogP contribution is 2.39. The maximum atomic E-state index is 13.5. The predicted molar refractivity (Wildman–Crippen MR) is 514 cm³/mol. The first-order valence-corrected chi connectivity index (χ1v) is 42.7. The molecule has 2 aliphatic heterocycles. The van der Waals surface area contributed by atoms with E-state index in [1.54, 1.807) is 176 Å². The molecule has 15 rings (SSSR count). The zero-order chi connectivity index (χ0) is 98.3. The van der Waals surface area contributed by atoms with Crippen LogP contribution in [0.2, 0.25) is 10.0 Å². The van der Waals surface area contributed by atoms with Crippen LogP contribution in [0.25, 0.3) is 21.8 Å². The number of ketones is 3. The van der Waals surface area contributed by atoms with Crippen LogP contribution < -0.4 is 96.8 Å². The van der Waals surface area contributed by atoms with Gasteiger partial charge in [-0.15, -0.1) is 0 Å². The molecule has 0 aliphatic carbocycles. The SMILES string of the molecule is COc1cc(OC)c(NC(=O)CN2C(=O)N(CC(=O)Nc3ccccc3OC)Cc3ccccc32)cc1Cl.COc1cc(OC)c(NC(=O)CN2C(=O)N(CC(C)=O)Cc3ccccc32)cc1Cl.COc1ccc(C(=O)Cn2c(=O)n(CC(=O)Nc3ccccc3OC)c(=O)c3ccccc32)cc1.COc1ccccc1NC(=O)Cn1c(=O)c2ccccc2n(CC(=O)c2ccc(F)cc2)c1=O. The number of aromatic nitrogens is 4. The number of fused-ring (bicyclic) bond motifs is 4. The smallest absolute Gasteiger partial charge is 0.332 e. The second-order valence-electron chi connectivity index (χ2n) is 30.3. The van der Waals surface area contributed by atoms with E-state index in [2.05, 4.69) is 26.6 Å². The molecule has 4 heterocycles. The number of carbonyl (C=O) groups is 10. The molecular weight excluding hydrogens is 1810 g/mol. The number of ether oxygens (including phenoxy) is 8. The molecule has 0 unspecified atom stereocenters. The molecular formula is C99H92Cl2FN13O22. The fourth-order valence-electron chi connectivity index (χ4n) is 14.8. The topological polar surface area (TPSA) is 406 Å². The number of benzene rings is 11. The van der Waals surface area contributed by atoms with Crippen LogP contribution in [-0.2, 0) is 68.0 Å². The molecule has 2 aliphatic rings. The summed E-state index contributed by atoms with van der Waals surface area (Å²) in [5.41, 5.74) is 3.18. The minimum Gasteiger partial charge on any atom is -0.497 e. The predicted octanol–water partition coefficient (Wildman–Crippen LogP) is 13.2. The lowest BCUT2D eigenvalue weighted by atomic mass is 10.1. The Morgan fingerprint density at radius 2 is 0.642 bits per heavy atom. The molecule has 0 spiro atoms. The molecule has 2 aromatic heterocycles. The van der Waals surface area contributed by atoms with Crippen LogP contribution in [0.3, 0.4) is 0 Å². The first-order chi connectivity index (χ1) is 66.0. The van der Waals surface area contributed by atoms with Gasteiger partial charge in [-0.1, -0.05) is 120 Å². The average Bonchev–Trinajstić information content (AvgIpc) is 0.766. The Morgan fingerprint density at radius 3 is 1.01 bits per heavy atom. The van der Waals surface area contributed by atoms with Gasteiger partial charge in [0.1, 0.15) is 90.3 Å². The Morgan fingerprint density at radius 1 is 0.321 bits per heavy atom.